The van der Waals surface area contributed by atoms with Crippen molar-refractivity contribution in [2.45, 2.75) is 58.2 Å². The number of hydrogen-bond acceptors (Lipinski definition) is 4. The highest BCUT2D eigenvalue weighted by Crippen LogP contribution is 2.42. The molecule has 2 aliphatic heterocycles. The molecule has 1 aromatic heterocycles. The van der Waals surface area contributed by atoms with Crippen LogP contribution in [0.1, 0.15) is 44.9 Å². The summed E-state index contributed by atoms with van der Waals surface area (Å²) in [7, 11) is 0. The van der Waals surface area contributed by atoms with E-state index in [1.165, 1.54) is 5.56 Å². The number of amides is 1. The summed E-state index contributed by atoms with van der Waals surface area (Å²) in [6.07, 6.45) is 4.19. The number of carbonyl (C=O) groups is 1. The smallest absolute Gasteiger partial charge is 0.410 e. The largest absolute Gasteiger partial charge is 0.485 e. The summed E-state index contributed by atoms with van der Waals surface area (Å²) < 4.78 is 11.7. The lowest BCUT2D eigenvalue weighted by molar-refractivity contribution is -0.00913. The van der Waals surface area contributed by atoms with Gasteiger partial charge in [-0.05, 0) is 33.8 Å². The Labute approximate surface area is 131 Å². The summed E-state index contributed by atoms with van der Waals surface area (Å²) >= 11 is 0. The van der Waals surface area contributed by atoms with Gasteiger partial charge in [0.25, 0.3) is 0 Å². The van der Waals surface area contributed by atoms with Crippen LogP contribution in [0.5, 0.6) is 5.75 Å². The zero-order valence-electron chi connectivity index (χ0n) is 13.8. The summed E-state index contributed by atoms with van der Waals surface area (Å²) in [4.78, 5) is 18.2. The first kappa shape index (κ1) is 15.1. The fourth-order valence-electron chi connectivity index (χ4n) is 3.19. The van der Waals surface area contributed by atoms with Gasteiger partial charge in [0, 0.05) is 44.1 Å². The third-order valence-corrected chi connectivity index (χ3v) is 4.32. The summed E-state index contributed by atoms with van der Waals surface area (Å²) in [5.74, 6) is 0.938. The van der Waals surface area contributed by atoms with Crippen molar-refractivity contribution in [1.82, 2.24) is 9.88 Å². The predicted molar refractivity (Wildman–Crippen MR) is 83.1 cm³/mol. The topological polar surface area (TPSA) is 51.7 Å². The fraction of sp³-hybridized carbons (Fsp3) is 0.647. The number of likely N-dealkylation sites (tertiary alicyclic amines) is 1. The number of rotatable bonds is 0. The van der Waals surface area contributed by atoms with Crippen LogP contribution in [-0.4, -0.2) is 40.3 Å². The van der Waals surface area contributed by atoms with Crippen LogP contribution in [0.15, 0.2) is 12.3 Å². The highest BCUT2D eigenvalue weighted by molar-refractivity contribution is 5.68. The lowest BCUT2D eigenvalue weighted by Crippen LogP contribution is -2.50. The number of piperidine rings is 1. The van der Waals surface area contributed by atoms with Crippen LogP contribution in [0.2, 0.25) is 0 Å². The van der Waals surface area contributed by atoms with Crippen molar-refractivity contribution >= 4 is 6.09 Å². The van der Waals surface area contributed by atoms with Gasteiger partial charge in [-0.2, -0.15) is 0 Å². The second-order valence-electron chi connectivity index (χ2n) is 7.31. The minimum Gasteiger partial charge on any atom is -0.485 e. The first-order valence-corrected chi connectivity index (χ1v) is 7.89. The van der Waals surface area contributed by atoms with Gasteiger partial charge in [0.1, 0.15) is 17.0 Å². The molecule has 3 heterocycles. The first-order valence-electron chi connectivity index (χ1n) is 7.89. The van der Waals surface area contributed by atoms with Crippen molar-refractivity contribution in [2.75, 3.05) is 13.1 Å². The Balaban J connectivity index is 1.64. The van der Waals surface area contributed by atoms with Crippen LogP contribution in [0.3, 0.4) is 0 Å². The summed E-state index contributed by atoms with van der Waals surface area (Å²) in [5.41, 5.74) is 1.56. The molecule has 1 aromatic rings. The average molecular weight is 304 g/mol. The number of carbonyl (C=O) groups excluding carboxylic acids is 1. The molecule has 0 N–H and O–H groups in total. The average Bonchev–Trinajstić information content (AvgIpc) is 2.77. The van der Waals surface area contributed by atoms with Crippen molar-refractivity contribution < 1.29 is 14.3 Å². The lowest BCUT2D eigenvalue weighted by Gasteiger charge is -2.39. The van der Waals surface area contributed by atoms with Gasteiger partial charge in [0.05, 0.1) is 5.69 Å². The van der Waals surface area contributed by atoms with Crippen LogP contribution in [-0.2, 0) is 11.2 Å². The Morgan fingerprint density at radius 1 is 1.36 bits per heavy atom. The minimum absolute atomic E-state index is 0.172. The molecule has 5 nitrogen and oxygen atoms in total. The van der Waals surface area contributed by atoms with Gasteiger partial charge in [-0.25, -0.2) is 4.79 Å². The number of aromatic nitrogens is 1. The maximum Gasteiger partial charge on any atom is 0.410 e. The zero-order valence-corrected chi connectivity index (χ0v) is 13.8. The van der Waals surface area contributed by atoms with Crippen LogP contribution in [0.25, 0.3) is 0 Å². The highest BCUT2D eigenvalue weighted by Gasteiger charge is 2.44. The lowest BCUT2D eigenvalue weighted by atomic mass is 9.87. The van der Waals surface area contributed by atoms with E-state index in [0.29, 0.717) is 13.1 Å². The number of pyridine rings is 1. The standard InChI is InChI=1S/C17H24N2O3/c1-12-14-13(5-8-18-12)11-17(21-14)6-9-19(10-7-17)15(20)22-16(2,3)4/h5,8H,6-7,9-11H2,1-4H3. The number of fused-ring (bicyclic) bond motifs is 1. The molecule has 0 bridgehead atoms. The molecule has 0 atom stereocenters. The highest BCUT2D eigenvalue weighted by atomic mass is 16.6. The minimum atomic E-state index is -0.449. The zero-order chi connectivity index (χ0) is 16.0. The molecular weight excluding hydrogens is 280 g/mol. The molecule has 22 heavy (non-hydrogen) atoms. The molecule has 2 aliphatic rings. The molecule has 0 saturated carbocycles. The van der Waals surface area contributed by atoms with E-state index in [-0.39, 0.29) is 11.7 Å². The van der Waals surface area contributed by atoms with Crippen molar-refractivity contribution in [2.24, 2.45) is 0 Å². The van der Waals surface area contributed by atoms with E-state index in [2.05, 4.69) is 4.98 Å². The third kappa shape index (κ3) is 2.89. The van der Waals surface area contributed by atoms with Crippen molar-refractivity contribution in [3.8, 4) is 5.75 Å². The van der Waals surface area contributed by atoms with E-state index >= 15 is 0 Å². The van der Waals surface area contributed by atoms with E-state index in [4.69, 9.17) is 9.47 Å². The normalized spacial score (nSPS) is 19.7. The van der Waals surface area contributed by atoms with Crippen molar-refractivity contribution in [1.29, 1.82) is 0 Å². The van der Waals surface area contributed by atoms with Crippen LogP contribution >= 0.6 is 0 Å². The van der Waals surface area contributed by atoms with E-state index < -0.39 is 5.60 Å². The molecule has 1 amide bonds. The van der Waals surface area contributed by atoms with Gasteiger partial charge in [0.15, 0.2) is 0 Å². The van der Waals surface area contributed by atoms with Crippen molar-refractivity contribution in [3.63, 3.8) is 0 Å². The Hall–Kier alpha value is -1.78. The monoisotopic (exact) mass is 304 g/mol. The van der Waals surface area contributed by atoms with Crippen LogP contribution in [0, 0.1) is 6.92 Å². The molecule has 120 valence electrons. The number of nitrogens with zero attached hydrogens (tertiary/aromatic N) is 2. The SMILES string of the molecule is Cc1nccc2c1OC1(CCN(C(=O)OC(C)(C)C)CC1)C2. The van der Waals surface area contributed by atoms with Crippen LogP contribution in [0.4, 0.5) is 4.79 Å². The number of ether oxygens (including phenoxy) is 2. The second-order valence-corrected chi connectivity index (χ2v) is 7.31. The molecule has 3 rings (SSSR count). The van der Waals surface area contributed by atoms with E-state index in [9.17, 15) is 4.79 Å². The Morgan fingerprint density at radius 2 is 2.05 bits per heavy atom. The van der Waals surface area contributed by atoms with Gasteiger partial charge in [-0.3, -0.25) is 4.98 Å². The summed E-state index contributed by atoms with van der Waals surface area (Å²) in [5, 5.41) is 0. The maximum absolute atomic E-state index is 12.1. The molecule has 5 heteroatoms. The molecule has 0 aromatic carbocycles. The number of aryl methyl sites for hydroxylation is 1. The Bertz CT molecular complexity index is 584. The van der Waals surface area contributed by atoms with E-state index in [1.54, 1.807) is 4.90 Å². The van der Waals surface area contributed by atoms with Gasteiger partial charge in [-0.1, -0.05) is 0 Å². The third-order valence-electron chi connectivity index (χ3n) is 4.32. The molecule has 0 unspecified atom stereocenters. The van der Waals surface area contributed by atoms with E-state index in [1.807, 2.05) is 40.0 Å². The fourth-order valence-corrected chi connectivity index (χ4v) is 3.19. The number of hydrogen-bond donors (Lipinski definition) is 0. The second kappa shape index (κ2) is 5.14. The molecule has 0 radical (unpaired) electrons. The maximum atomic E-state index is 12.1. The predicted octanol–water partition coefficient (Wildman–Crippen LogP) is 3.09. The molecule has 0 aliphatic carbocycles. The summed E-state index contributed by atoms with van der Waals surface area (Å²) in [6, 6.07) is 2.04. The van der Waals surface area contributed by atoms with Crippen molar-refractivity contribution in [3.05, 3.63) is 23.5 Å². The summed E-state index contributed by atoms with van der Waals surface area (Å²) in [6.45, 7) is 9.01. The van der Waals surface area contributed by atoms with Gasteiger partial charge < -0.3 is 14.4 Å². The molecular formula is C17H24N2O3. The van der Waals surface area contributed by atoms with Crippen LogP contribution < -0.4 is 4.74 Å². The first-order chi connectivity index (χ1) is 10.3. The van der Waals surface area contributed by atoms with Gasteiger partial charge >= 0.3 is 6.09 Å². The quantitative estimate of drug-likeness (QED) is 0.739. The van der Waals surface area contributed by atoms with Gasteiger partial charge in [0.2, 0.25) is 0 Å². The van der Waals surface area contributed by atoms with Gasteiger partial charge in [-0.15, -0.1) is 0 Å². The Morgan fingerprint density at radius 3 is 2.64 bits per heavy atom. The molecule has 1 saturated heterocycles. The Kier molecular flexibility index (Phi) is 3.54. The molecule has 1 spiro atoms. The van der Waals surface area contributed by atoms with E-state index in [0.717, 1.165) is 30.7 Å². The molecule has 1 fully saturated rings.